The molecule has 0 unspecified atom stereocenters. The number of amides is 1. The molecule has 0 aromatic heterocycles. The Morgan fingerprint density at radius 3 is 2.79 bits per heavy atom. The van der Waals surface area contributed by atoms with Crippen LogP contribution in [0.3, 0.4) is 0 Å². The molecule has 2 rings (SSSR count). The maximum Gasteiger partial charge on any atom is 0.238 e. The van der Waals surface area contributed by atoms with E-state index in [1.165, 1.54) is 26.0 Å². The Bertz CT molecular complexity index is 442. The average molecular weight is 264 g/mol. The van der Waals surface area contributed by atoms with Crippen molar-refractivity contribution in [1.82, 2.24) is 5.32 Å². The fourth-order valence-corrected chi connectivity index (χ4v) is 2.34. The first-order valence-electron chi connectivity index (χ1n) is 6.59. The number of nitrogens with one attached hydrogen (secondary N) is 2. The van der Waals surface area contributed by atoms with E-state index in [1.807, 2.05) is 0 Å². The number of carbonyl (C=O) groups is 1. The van der Waals surface area contributed by atoms with E-state index in [0.717, 1.165) is 12.8 Å². The third kappa shape index (κ3) is 3.86. The molecule has 0 aliphatic heterocycles. The lowest BCUT2D eigenvalue weighted by Gasteiger charge is -2.12. The number of phenols is 1. The van der Waals surface area contributed by atoms with Gasteiger partial charge in [-0.25, -0.2) is 0 Å². The first kappa shape index (κ1) is 13.7. The van der Waals surface area contributed by atoms with Crippen LogP contribution in [-0.4, -0.2) is 30.7 Å². The number of ether oxygens (including phenoxy) is 1. The van der Waals surface area contributed by atoms with E-state index in [9.17, 15) is 9.90 Å². The number of methoxy groups -OCH3 is 1. The highest BCUT2D eigenvalue weighted by molar-refractivity contribution is 5.92. The molecule has 0 spiro atoms. The first-order valence-corrected chi connectivity index (χ1v) is 6.59. The maximum absolute atomic E-state index is 11.7. The smallest absolute Gasteiger partial charge is 0.238 e. The highest BCUT2D eigenvalue weighted by atomic mass is 16.5. The van der Waals surface area contributed by atoms with Crippen molar-refractivity contribution < 1.29 is 14.6 Å². The van der Waals surface area contributed by atoms with Crippen molar-refractivity contribution in [1.29, 1.82) is 0 Å². The van der Waals surface area contributed by atoms with Gasteiger partial charge in [0.1, 0.15) is 0 Å². The van der Waals surface area contributed by atoms with E-state index in [1.54, 1.807) is 12.1 Å². The van der Waals surface area contributed by atoms with Gasteiger partial charge in [0, 0.05) is 17.8 Å². The van der Waals surface area contributed by atoms with Crippen LogP contribution < -0.4 is 15.4 Å². The molecule has 19 heavy (non-hydrogen) atoms. The summed E-state index contributed by atoms with van der Waals surface area (Å²) in [4.78, 5) is 11.7. The fourth-order valence-electron chi connectivity index (χ4n) is 2.34. The summed E-state index contributed by atoms with van der Waals surface area (Å²) in [6.07, 6.45) is 4.78. The third-order valence-electron chi connectivity index (χ3n) is 3.37. The molecule has 1 amide bonds. The predicted molar refractivity (Wildman–Crippen MR) is 73.5 cm³/mol. The Labute approximate surface area is 113 Å². The summed E-state index contributed by atoms with van der Waals surface area (Å²) in [6.45, 7) is 0.303. The summed E-state index contributed by atoms with van der Waals surface area (Å²) < 4.78 is 4.94. The van der Waals surface area contributed by atoms with Gasteiger partial charge in [-0.2, -0.15) is 0 Å². The van der Waals surface area contributed by atoms with Gasteiger partial charge < -0.3 is 20.5 Å². The van der Waals surface area contributed by atoms with Gasteiger partial charge >= 0.3 is 0 Å². The molecule has 1 aromatic rings. The van der Waals surface area contributed by atoms with Crippen LogP contribution in [-0.2, 0) is 4.79 Å². The van der Waals surface area contributed by atoms with Crippen LogP contribution in [0.2, 0.25) is 0 Å². The summed E-state index contributed by atoms with van der Waals surface area (Å²) in [5.74, 6) is 0.308. The summed E-state index contributed by atoms with van der Waals surface area (Å²) in [7, 11) is 1.48. The minimum Gasteiger partial charge on any atom is -0.504 e. The lowest BCUT2D eigenvalue weighted by Crippen LogP contribution is -2.34. The van der Waals surface area contributed by atoms with Gasteiger partial charge in [-0.15, -0.1) is 0 Å². The Kier molecular flexibility index (Phi) is 4.63. The van der Waals surface area contributed by atoms with Gasteiger partial charge in [-0.05, 0) is 25.0 Å². The van der Waals surface area contributed by atoms with E-state index in [0.29, 0.717) is 24.0 Å². The lowest BCUT2D eigenvalue weighted by molar-refractivity contribution is -0.115. The standard InChI is InChI=1S/C14H20N2O3/c1-19-13-7-6-11(8-12(13)17)16-14(18)9-15-10-4-2-3-5-10/h6-8,10,15,17H,2-5,9H2,1H3,(H,16,18). The SMILES string of the molecule is COc1ccc(NC(=O)CNC2CCCC2)cc1O. The molecule has 0 bridgehead atoms. The molecule has 0 heterocycles. The van der Waals surface area contributed by atoms with E-state index in [-0.39, 0.29) is 11.7 Å². The number of hydrogen-bond acceptors (Lipinski definition) is 4. The van der Waals surface area contributed by atoms with Crippen LogP contribution in [0.25, 0.3) is 0 Å². The van der Waals surface area contributed by atoms with Crippen molar-refractivity contribution in [2.45, 2.75) is 31.7 Å². The largest absolute Gasteiger partial charge is 0.504 e. The highest BCUT2D eigenvalue weighted by Gasteiger charge is 2.15. The van der Waals surface area contributed by atoms with E-state index < -0.39 is 0 Å². The van der Waals surface area contributed by atoms with Crippen LogP contribution in [0, 0.1) is 0 Å². The number of hydrogen-bond donors (Lipinski definition) is 3. The number of rotatable bonds is 5. The van der Waals surface area contributed by atoms with Gasteiger partial charge in [0.25, 0.3) is 0 Å². The van der Waals surface area contributed by atoms with Crippen molar-refractivity contribution in [3.8, 4) is 11.5 Å². The summed E-state index contributed by atoms with van der Waals surface area (Å²) >= 11 is 0. The molecule has 104 valence electrons. The van der Waals surface area contributed by atoms with E-state index in [2.05, 4.69) is 10.6 Å². The van der Waals surface area contributed by atoms with Gasteiger partial charge in [-0.3, -0.25) is 4.79 Å². The second-order valence-corrected chi connectivity index (χ2v) is 4.80. The maximum atomic E-state index is 11.7. The Balaban J connectivity index is 1.82. The molecule has 1 aliphatic rings. The van der Waals surface area contributed by atoms with E-state index in [4.69, 9.17) is 4.74 Å². The highest BCUT2D eigenvalue weighted by Crippen LogP contribution is 2.28. The summed E-state index contributed by atoms with van der Waals surface area (Å²) in [5, 5.41) is 15.6. The van der Waals surface area contributed by atoms with Gasteiger partial charge in [0.15, 0.2) is 11.5 Å². The van der Waals surface area contributed by atoms with Gasteiger partial charge in [0.05, 0.1) is 13.7 Å². The van der Waals surface area contributed by atoms with Crippen molar-refractivity contribution in [3.63, 3.8) is 0 Å². The van der Waals surface area contributed by atoms with Crippen molar-refractivity contribution in [2.75, 3.05) is 19.0 Å². The van der Waals surface area contributed by atoms with Crippen molar-refractivity contribution >= 4 is 11.6 Å². The molecule has 3 N–H and O–H groups in total. The van der Waals surface area contributed by atoms with Crippen molar-refractivity contribution in [3.05, 3.63) is 18.2 Å². The van der Waals surface area contributed by atoms with Crippen LogP contribution >= 0.6 is 0 Å². The zero-order valence-electron chi connectivity index (χ0n) is 11.1. The lowest BCUT2D eigenvalue weighted by atomic mass is 10.2. The summed E-state index contributed by atoms with van der Waals surface area (Å²) in [5.41, 5.74) is 0.566. The molecule has 1 saturated carbocycles. The molecular formula is C14H20N2O3. The Morgan fingerprint density at radius 1 is 1.42 bits per heavy atom. The molecule has 1 fully saturated rings. The second kappa shape index (κ2) is 6.43. The first-order chi connectivity index (χ1) is 9.19. The molecule has 0 radical (unpaired) electrons. The number of aromatic hydroxyl groups is 1. The second-order valence-electron chi connectivity index (χ2n) is 4.80. The number of phenolic OH excluding ortho intramolecular Hbond substituents is 1. The monoisotopic (exact) mass is 264 g/mol. The topological polar surface area (TPSA) is 70.6 Å². The Morgan fingerprint density at radius 2 is 2.16 bits per heavy atom. The van der Waals surface area contributed by atoms with Crippen LogP contribution in [0.5, 0.6) is 11.5 Å². The minimum absolute atomic E-state index is 0.0176. The zero-order chi connectivity index (χ0) is 13.7. The molecule has 0 saturated heterocycles. The predicted octanol–water partition coefficient (Wildman–Crippen LogP) is 1.87. The summed E-state index contributed by atoms with van der Waals surface area (Å²) in [6, 6.07) is 5.27. The quantitative estimate of drug-likeness (QED) is 0.759. The average Bonchev–Trinajstić information content (AvgIpc) is 2.90. The number of carbonyl (C=O) groups excluding carboxylic acids is 1. The molecule has 1 aliphatic carbocycles. The van der Waals surface area contributed by atoms with Gasteiger partial charge in [-0.1, -0.05) is 12.8 Å². The Hall–Kier alpha value is -1.75. The van der Waals surface area contributed by atoms with Gasteiger partial charge in [0.2, 0.25) is 5.91 Å². The number of benzene rings is 1. The van der Waals surface area contributed by atoms with E-state index >= 15 is 0 Å². The molecule has 5 nitrogen and oxygen atoms in total. The number of anilines is 1. The van der Waals surface area contributed by atoms with Crippen molar-refractivity contribution in [2.24, 2.45) is 0 Å². The van der Waals surface area contributed by atoms with Crippen LogP contribution in [0.4, 0.5) is 5.69 Å². The molecular weight excluding hydrogens is 244 g/mol. The molecule has 5 heteroatoms. The fraction of sp³-hybridized carbons (Fsp3) is 0.500. The molecule has 0 atom stereocenters. The van der Waals surface area contributed by atoms with Crippen LogP contribution in [0.15, 0.2) is 18.2 Å². The van der Waals surface area contributed by atoms with Crippen LogP contribution in [0.1, 0.15) is 25.7 Å². The minimum atomic E-state index is -0.100. The normalized spacial score (nSPS) is 15.4. The third-order valence-corrected chi connectivity index (χ3v) is 3.37. The molecule has 1 aromatic carbocycles. The zero-order valence-corrected chi connectivity index (χ0v) is 11.1.